The smallest absolute Gasteiger partial charge is 0.268 e. The Labute approximate surface area is 216 Å². The van der Waals surface area contributed by atoms with Gasteiger partial charge in [0.15, 0.2) is 0 Å². The first-order valence-electron chi connectivity index (χ1n) is 13.1. The van der Waals surface area contributed by atoms with Crippen molar-refractivity contribution >= 4 is 28.4 Å². The number of anilines is 3. The molecule has 2 aromatic heterocycles. The first kappa shape index (κ1) is 25.0. The predicted molar refractivity (Wildman–Crippen MR) is 144 cm³/mol. The molecule has 3 heterocycles. The summed E-state index contributed by atoms with van der Waals surface area (Å²) in [4.78, 5) is 24.6. The minimum absolute atomic E-state index is 0.0622. The van der Waals surface area contributed by atoms with Gasteiger partial charge in [-0.05, 0) is 63.8 Å². The van der Waals surface area contributed by atoms with E-state index < -0.39 is 0 Å². The van der Waals surface area contributed by atoms with Gasteiger partial charge in [-0.25, -0.2) is 9.37 Å². The molecule has 1 aliphatic heterocycles. The molecule has 2 fully saturated rings. The SMILES string of the molecule is CCOC#Cc1cc2cnc(Nc3ccc(N4C[C@@H](C)N[C@@H](C)C4)c(F)c3)nc2n(C2CCCC2)c1=O. The van der Waals surface area contributed by atoms with Crippen molar-refractivity contribution in [2.24, 2.45) is 0 Å². The average Bonchev–Trinajstić information content (AvgIpc) is 3.38. The van der Waals surface area contributed by atoms with E-state index in [0.717, 1.165) is 44.2 Å². The zero-order chi connectivity index (χ0) is 25.9. The van der Waals surface area contributed by atoms with Crippen LogP contribution in [0.3, 0.4) is 0 Å². The zero-order valence-electron chi connectivity index (χ0n) is 21.6. The fraction of sp³-hybridized carbons (Fsp3) is 0.464. The molecule has 1 saturated carbocycles. The summed E-state index contributed by atoms with van der Waals surface area (Å²) in [5.74, 6) is 2.85. The minimum Gasteiger partial charge on any atom is -0.447 e. The molecule has 0 amide bonds. The highest BCUT2D eigenvalue weighted by Gasteiger charge is 2.24. The number of hydrogen-bond donors (Lipinski definition) is 2. The molecule has 37 heavy (non-hydrogen) atoms. The number of nitrogens with one attached hydrogen (secondary N) is 2. The number of rotatable bonds is 5. The summed E-state index contributed by atoms with van der Waals surface area (Å²) in [6.07, 6.45) is 8.25. The van der Waals surface area contributed by atoms with E-state index in [2.05, 4.69) is 46.4 Å². The summed E-state index contributed by atoms with van der Waals surface area (Å²) in [5, 5.41) is 7.32. The maximum absolute atomic E-state index is 15.1. The van der Waals surface area contributed by atoms with Crippen molar-refractivity contribution in [1.82, 2.24) is 19.9 Å². The number of nitrogens with zero attached hydrogens (tertiary/aromatic N) is 4. The first-order chi connectivity index (χ1) is 17.9. The molecule has 2 N–H and O–H groups in total. The lowest BCUT2D eigenvalue weighted by atomic mass is 10.1. The Morgan fingerprint density at radius 3 is 2.65 bits per heavy atom. The van der Waals surface area contributed by atoms with Crippen LogP contribution in [0.1, 0.15) is 58.1 Å². The van der Waals surface area contributed by atoms with Crippen molar-refractivity contribution in [2.45, 2.75) is 64.6 Å². The Kier molecular flexibility index (Phi) is 7.28. The highest BCUT2D eigenvalue weighted by atomic mass is 19.1. The number of benzene rings is 1. The summed E-state index contributed by atoms with van der Waals surface area (Å²) in [5.41, 5.74) is 1.88. The molecular weight excluding hydrogens is 471 g/mol. The van der Waals surface area contributed by atoms with Gasteiger partial charge < -0.3 is 20.3 Å². The lowest BCUT2D eigenvalue weighted by Gasteiger charge is -2.37. The Bertz CT molecular complexity index is 1400. The van der Waals surface area contributed by atoms with Crippen molar-refractivity contribution in [3.05, 3.63) is 52.2 Å². The molecule has 8 nitrogen and oxygen atoms in total. The van der Waals surface area contributed by atoms with Gasteiger partial charge in [0.2, 0.25) is 5.95 Å². The largest absolute Gasteiger partial charge is 0.447 e. The number of aromatic nitrogens is 3. The van der Waals surface area contributed by atoms with Gasteiger partial charge in [0, 0.05) is 48.5 Å². The van der Waals surface area contributed by atoms with Gasteiger partial charge in [-0.1, -0.05) is 12.8 Å². The predicted octanol–water partition coefficient (Wildman–Crippen LogP) is 4.32. The van der Waals surface area contributed by atoms with Crippen LogP contribution < -0.4 is 21.1 Å². The number of pyridine rings is 1. The summed E-state index contributed by atoms with van der Waals surface area (Å²) in [6.45, 7) is 8.00. The van der Waals surface area contributed by atoms with Crippen LogP contribution in [-0.2, 0) is 4.74 Å². The standard InChI is InChI=1S/C28H33FN6O2/c1-4-37-12-11-20-13-21-15-30-28(33-26(21)35(27(20)36)23-7-5-6-8-23)32-22-9-10-25(24(29)14-22)34-16-18(2)31-19(3)17-34/h9-10,13-15,18-19,23,31H,4-8,16-17H2,1-3H3,(H,30,32,33)/t18-,19+. The highest BCUT2D eigenvalue weighted by Crippen LogP contribution is 2.31. The maximum atomic E-state index is 15.1. The van der Waals surface area contributed by atoms with E-state index in [1.54, 1.807) is 22.9 Å². The number of hydrogen-bond acceptors (Lipinski definition) is 7. The van der Waals surface area contributed by atoms with Crippen molar-refractivity contribution in [2.75, 3.05) is 29.9 Å². The summed E-state index contributed by atoms with van der Waals surface area (Å²) in [7, 11) is 0. The van der Waals surface area contributed by atoms with Gasteiger partial charge in [-0.15, -0.1) is 0 Å². The van der Waals surface area contributed by atoms with Crippen LogP contribution in [-0.4, -0.2) is 46.3 Å². The summed E-state index contributed by atoms with van der Waals surface area (Å²) in [6, 6.07) is 7.44. The molecule has 1 aliphatic carbocycles. The summed E-state index contributed by atoms with van der Waals surface area (Å²) < 4.78 is 22.0. The Morgan fingerprint density at radius 2 is 1.95 bits per heavy atom. The van der Waals surface area contributed by atoms with Crippen LogP contribution in [0, 0.1) is 17.8 Å². The number of ether oxygens (including phenoxy) is 1. The lowest BCUT2D eigenvalue weighted by Crippen LogP contribution is -2.54. The van der Waals surface area contributed by atoms with E-state index in [4.69, 9.17) is 9.72 Å². The second kappa shape index (κ2) is 10.8. The van der Waals surface area contributed by atoms with E-state index in [1.165, 1.54) is 6.07 Å². The minimum atomic E-state index is -0.299. The van der Waals surface area contributed by atoms with Gasteiger partial charge in [-0.2, -0.15) is 4.98 Å². The summed E-state index contributed by atoms with van der Waals surface area (Å²) >= 11 is 0. The van der Waals surface area contributed by atoms with Crippen LogP contribution in [0.15, 0.2) is 35.3 Å². The molecule has 2 atom stereocenters. The van der Waals surface area contributed by atoms with E-state index in [-0.39, 0.29) is 29.5 Å². The van der Waals surface area contributed by atoms with Gasteiger partial charge >= 0.3 is 0 Å². The van der Waals surface area contributed by atoms with E-state index in [1.807, 2.05) is 13.0 Å². The third kappa shape index (κ3) is 5.39. The lowest BCUT2D eigenvalue weighted by molar-refractivity contribution is 0.299. The molecule has 194 valence electrons. The van der Waals surface area contributed by atoms with Crippen LogP contribution >= 0.6 is 0 Å². The monoisotopic (exact) mass is 504 g/mol. The molecule has 1 aromatic carbocycles. The fourth-order valence-electron chi connectivity index (χ4n) is 5.43. The third-order valence-electron chi connectivity index (χ3n) is 6.97. The van der Waals surface area contributed by atoms with Gasteiger partial charge in [0.05, 0.1) is 17.9 Å². The van der Waals surface area contributed by atoms with Crippen LogP contribution in [0.2, 0.25) is 0 Å². The van der Waals surface area contributed by atoms with Gasteiger partial charge in [0.25, 0.3) is 5.56 Å². The van der Waals surface area contributed by atoms with Crippen molar-refractivity contribution in [1.29, 1.82) is 0 Å². The topological polar surface area (TPSA) is 84.3 Å². The normalized spacial score (nSPS) is 20.1. The molecule has 0 spiro atoms. The molecular formula is C28H33FN6O2. The van der Waals surface area contributed by atoms with Crippen molar-refractivity contribution < 1.29 is 9.13 Å². The van der Waals surface area contributed by atoms with Crippen molar-refractivity contribution in [3.63, 3.8) is 0 Å². The van der Waals surface area contributed by atoms with Crippen LogP contribution in [0.5, 0.6) is 0 Å². The molecule has 9 heteroatoms. The molecule has 5 rings (SSSR count). The quantitative estimate of drug-likeness (QED) is 0.501. The van der Waals surface area contributed by atoms with E-state index in [0.29, 0.717) is 35.1 Å². The second-order valence-corrected chi connectivity index (χ2v) is 9.97. The molecule has 2 aliphatic rings. The van der Waals surface area contributed by atoms with E-state index in [9.17, 15) is 4.79 Å². The molecule has 0 unspecified atom stereocenters. The number of halogens is 1. The van der Waals surface area contributed by atoms with Gasteiger partial charge in [0.1, 0.15) is 17.6 Å². The Hall–Kier alpha value is -3.64. The molecule has 0 radical (unpaired) electrons. The number of piperazine rings is 1. The second-order valence-electron chi connectivity index (χ2n) is 9.97. The first-order valence-corrected chi connectivity index (χ1v) is 13.1. The Balaban J connectivity index is 1.46. The zero-order valence-corrected chi connectivity index (χ0v) is 21.6. The fourth-order valence-corrected chi connectivity index (χ4v) is 5.43. The molecule has 0 bridgehead atoms. The molecule has 3 aromatic rings. The van der Waals surface area contributed by atoms with E-state index >= 15 is 4.39 Å². The maximum Gasteiger partial charge on any atom is 0.268 e. The van der Waals surface area contributed by atoms with Crippen LogP contribution in [0.25, 0.3) is 11.0 Å². The number of fused-ring (bicyclic) bond motifs is 1. The third-order valence-corrected chi connectivity index (χ3v) is 6.97. The average molecular weight is 505 g/mol. The highest BCUT2D eigenvalue weighted by molar-refractivity contribution is 5.77. The van der Waals surface area contributed by atoms with Crippen LogP contribution in [0.4, 0.5) is 21.7 Å². The van der Waals surface area contributed by atoms with Crippen molar-refractivity contribution in [3.8, 4) is 12.0 Å². The molecule has 1 saturated heterocycles. The van der Waals surface area contributed by atoms with Gasteiger partial charge in [-0.3, -0.25) is 9.36 Å². The Morgan fingerprint density at radius 1 is 1.19 bits per heavy atom.